The van der Waals surface area contributed by atoms with Gasteiger partial charge in [0.2, 0.25) is 11.8 Å². The summed E-state index contributed by atoms with van der Waals surface area (Å²) in [6.07, 6.45) is 1.06. The maximum absolute atomic E-state index is 13.7. The van der Waals surface area contributed by atoms with Crippen molar-refractivity contribution in [3.63, 3.8) is 0 Å². The number of rotatable bonds is 40. The van der Waals surface area contributed by atoms with Gasteiger partial charge in [-0.2, -0.15) is 0 Å². The summed E-state index contributed by atoms with van der Waals surface area (Å²) in [7, 11) is 0. The van der Waals surface area contributed by atoms with E-state index in [1.807, 2.05) is 46.8 Å². The number of amides is 4. The standard InChI is InChI=1S/C62H84N14O20/c1-7-39-35(3)43-21-44-37(5)41(9-11-51(77)67-69-53(79)25-71(13-17-73(27-55(81)82)28-56(83)84)14-18-74(29-57(85)86)30-58(87)88)49(65-44)24-50-42(38(6)46(66-50)23-48-40(8-2)36(4)45(64-48)22-47(39)63-43)10-12-52(78)68-70-54(80)26-72(15-19-75(31-59(89)90)32-60(91)92)16-20-76(33-61(93)94)34-62(95)96/h21-24,63-64H,7-20,25-34H2,1-6H3,(H,67,77)(H,68,78)(H,69,79)(H,70,80)(H,81,82)(H,83,84)(H,85,86)(H,87,88)(H,89,90)(H,91,92)(H,93,94)(H,95,96). The number of hydrazine groups is 2. The van der Waals surface area contributed by atoms with Gasteiger partial charge in [-0.15, -0.1) is 0 Å². The minimum atomic E-state index is -1.32. The normalized spacial score (nSPS) is 12.3. The predicted molar refractivity (Wildman–Crippen MR) is 345 cm³/mol. The summed E-state index contributed by atoms with van der Waals surface area (Å²) in [5, 5.41) is 75.1. The van der Waals surface area contributed by atoms with Gasteiger partial charge in [-0.1, -0.05) is 13.8 Å². The van der Waals surface area contributed by atoms with Crippen molar-refractivity contribution in [2.45, 2.75) is 80.1 Å². The third-order valence-electron chi connectivity index (χ3n) is 15.9. The van der Waals surface area contributed by atoms with Crippen LogP contribution in [0.3, 0.4) is 0 Å². The first-order valence-corrected chi connectivity index (χ1v) is 30.7. The Kier molecular flexibility index (Phi) is 29.3. The Morgan fingerprint density at radius 2 is 0.604 bits per heavy atom. The monoisotopic (exact) mass is 1340 g/mol. The highest BCUT2D eigenvalue weighted by molar-refractivity contribution is 5.97. The van der Waals surface area contributed by atoms with E-state index in [4.69, 9.17) is 9.97 Å². The SMILES string of the molecule is CCc1c(C)c2cc3[nH]c(cc4nc(cc5nc(cc1[nH]2)C(C)=C5CCC(=O)NNC(=O)CN(CCN(CC(=O)O)CC(=O)O)CCN(CC(=O)O)CC(=O)O)C(CCC(=O)NNC(=O)CN(CCN(CC(=O)O)CC(=O)O)CCN(CC(=O)O)CC(=O)O)=C4C)c(C)c3CC. The molecule has 0 saturated heterocycles. The number of H-pyrrole nitrogens is 2. The van der Waals surface area contributed by atoms with E-state index in [2.05, 4.69) is 44.7 Å². The predicted octanol–water partition coefficient (Wildman–Crippen LogP) is 0.262. The molecule has 34 heteroatoms. The number of nitrogens with one attached hydrogen (secondary N) is 6. The molecule has 34 nitrogen and oxygen atoms in total. The van der Waals surface area contributed by atoms with Crippen molar-refractivity contribution < 1.29 is 98.4 Å². The maximum atomic E-state index is 13.7. The molecule has 2 aliphatic heterocycles. The lowest BCUT2D eigenvalue weighted by Gasteiger charge is -2.28. The minimum Gasteiger partial charge on any atom is -0.480 e. The molecule has 5 rings (SSSR count). The summed E-state index contributed by atoms with van der Waals surface area (Å²) >= 11 is 0. The van der Waals surface area contributed by atoms with Crippen LogP contribution in [0.25, 0.3) is 44.4 Å². The summed E-state index contributed by atoms with van der Waals surface area (Å²) in [5.74, 6) is -13.4. The van der Waals surface area contributed by atoms with E-state index in [-0.39, 0.29) is 78.0 Å². The van der Waals surface area contributed by atoms with Crippen LogP contribution in [0.4, 0.5) is 0 Å². The molecule has 0 aromatic carbocycles. The summed E-state index contributed by atoms with van der Waals surface area (Å²) in [6.45, 7) is 4.35. The Labute approximate surface area is 550 Å². The van der Waals surface area contributed by atoms with Gasteiger partial charge in [0.15, 0.2) is 0 Å². The highest BCUT2D eigenvalue weighted by Gasteiger charge is 2.26. The number of aromatic nitrogens is 4. The molecule has 96 heavy (non-hydrogen) atoms. The van der Waals surface area contributed by atoms with Gasteiger partial charge >= 0.3 is 47.8 Å². The molecule has 0 fully saturated rings. The number of allylic oxidation sites excluding steroid dienone is 4. The van der Waals surface area contributed by atoms with Crippen molar-refractivity contribution >= 4 is 116 Å². The molecule has 0 aliphatic carbocycles. The Morgan fingerprint density at radius 1 is 0.344 bits per heavy atom. The number of carbonyl (C=O) groups is 12. The topological polar surface area (TPSA) is 492 Å². The number of hydrogen-bond donors (Lipinski definition) is 14. The van der Waals surface area contributed by atoms with Crippen LogP contribution >= 0.6 is 0 Å². The molecule has 14 N–H and O–H groups in total. The van der Waals surface area contributed by atoms with E-state index >= 15 is 0 Å². The lowest BCUT2D eigenvalue weighted by atomic mass is 9.98. The zero-order valence-corrected chi connectivity index (χ0v) is 54.3. The van der Waals surface area contributed by atoms with Crippen LogP contribution in [0, 0.1) is 13.8 Å². The van der Waals surface area contributed by atoms with Crippen molar-refractivity contribution in [1.29, 1.82) is 0 Å². The molecule has 2 aliphatic rings. The van der Waals surface area contributed by atoms with Crippen LogP contribution in [0.2, 0.25) is 0 Å². The zero-order valence-electron chi connectivity index (χ0n) is 54.3. The van der Waals surface area contributed by atoms with Crippen LogP contribution in [-0.4, -0.2) is 279 Å². The van der Waals surface area contributed by atoms with Gasteiger partial charge in [0.05, 0.1) is 88.2 Å². The van der Waals surface area contributed by atoms with Gasteiger partial charge in [0, 0.05) is 87.3 Å². The fourth-order valence-corrected chi connectivity index (χ4v) is 11.2. The highest BCUT2D eigenvalue weighted by Crippen LogP contribution is 2.38. The second-order valence-corrected chi connectivity index (χ2v) is 23.1. The summed E-state index contributed by atoms with van der Waals surface area (Å²) < 4.78 is 0. The van der Waals surface area contributed by atoms with Crippen molar-refractivity contribution in [2.24, 2.45) is 0 Å². The average molecular weight is 1350 g/mol. The summed E-state index contributed by atoms with van der Waals surface area (Å²) in [5.41, 5.74) is 21.6. The summed E-state index contributed by atoms with van der Waals surface area (Å²) in [6, 6.07) is 7.66. The molecule has 3 aromatic heterocycles. The molecular formula is C62H84N14O20. The fourth-order valence-electron chi connectivity index (χ4n) is 11.2. The van der Waals surface area contributed by atoms with Crippen LogP contribution in [0.1, 0.15) is 98.4 Å². The van der Waals surface area contributed by atoms with Crippen molar-refractivity contribution in [2.75, 3.05) is 118 Å². The first-order chi connectivity index (χ1) is 45.3. The van der Waals surface area contributed by atoms with Gasteiger partial charge < -0.3 is 50.8 Å². The number of fused-ring (bicyclic) bond motifs is 8. The smallest absolute Gasteiger partial charge is 0.317 e. The zero-order chi connectivity index (χ0) is 71.1. The molecule has 522 valence electrons. The van der Waals surface area contributed by atoms with E-state index in [0.717, 1.165) is 63.9 Å². The van der Waals surface area contributed by atoms with Crippen LogP contribution in [0.15, 0.2) is 24.3 Å². The van der Waals surface area contributed by atoms with Gasteiger partial charge in [-0.3, -0.25) is 109 Å². The van der Waals surface area contributed by atoms with E-state index in [9.17, 15) is 98.4 Å². The van der Waals surface area contributed by atoms with Gasteiger partial charge in [-0.25, -0.2) is 9.97 Å². The lowest BCUT2D eigenvalue weighted by molar-refractivity contribution is -0.144. The van der Waals surface area contributed by atoms with Crippen LogP contribution in [0.5, 0.6) is 0 Å². The van der Waals surface area contributed by atoms with Gasteiger partial charge in [0.1, 0.15) is 0 Å². The first kappa shape index (κ1) is 76.7. The third-order valence-corrected chi connectivity index (χ3v) is 15.9. The van der Waals surface area contributed by atoms with Crippen LogP contribution < -0.4 is 21.7 Å². The highest BCUT2D eigenvalue weighted by atomic mass is 16.4. The van der Waals surface area contributed by atoms with E-state index in [0.29, 0.717) is 57.9 Å². The Morgan fingerprint density at radius 3 is 0.896 bits per heavy atom. The quantitative estimate of drug-likeness (QED) is 0.0340. The number of carboxylic acids is 8. The molecule has 5 heterocycles. The number of hydrogen-bond acceptors (Lipinski definition) is 20. The first-order valence-electron chi connectivity index (χ1n) is 30.7. The number of carboxylic acid groups (broad SMARTS) is 8. The average Bonchev–Trinajstić information content (AvgIpc) is 1.63. The number of aryl methyl sites for hydroxylation is 4. The minimum absolute atomic E-state index is 0.0603. The molecule has 0 saturated carbocycles. The molecular weight excluding hydrogens is 1260 g/mol. The number of aliphatic carboxylic acids is 8. The molecule has 0 radical (unpaired) electrons. The maximum Gasteiger partial charge on any atom is 0.317 e. The van der Waals surface area contributed by atoms with E-state index in [1.54, 1.807) is 6.07 Å². The second-order valence-electron chi connectivity index (χ2n) is 23.1. The number of carbonyl (C=O) groups excluding carboxylic acids is 4. The van der Waals surface area contributed by atoms with Crippen molar-refractivity contribution in [1.82, 2.24) is 71.0 Å². The van der Waals surface area contributed by atoms with E-state index < -0.39 is 137 Å². The second kappa shape index (κ2) is 36.6. The third kappa shape index (κ3) is 24.4. The van der Waals surface area contributed by atoms with Crippen LogP contribution in [-0.2, 0) is 70.4 Å². The molecule has 0 atom stereocenters. The molecule has 3 aromatic rings. The van der Waals surface area contributed by atoms with Gasteiger partial charge in [-0.05, 0) is 122 Å². The Bertz CT molecular complexity index is 3550. The Balaban J connectivity index is 1.44. The lowest BCUT2D eigenvalue weighted by Crippen LogP contribution is -2.50. The Hall–Kier alpha value is -10.0. The molecule has 0 unspecified atom stereocenters. The van der Waals surface area contributed by atoms with Gasteiger partial charge in [0.25, 0.3) is 11.8 Å². The summed E-state index contributed by atoms with van der Waals surface area (Å²) in [4.78, 5) is 171. The molecule has 0 spiro atoms. The number of nitrogens with zero attached hydrogens (tertiary/aromatic N) is 8. The largest absolute Gasteiger partial charge is 0.480 e. The van der Waals surface area contributed by atoms with E-state index in [1.165, 1.54) is 9.80 Å². The van der Waals surface area contributed by atoms with Crippen molar-refractivity contribution in [3.05, 3.63) is 69.3 Å². The molecule has 4 amide bonds. The number of aromatic amines is 2. The fraction of sp³-hybridized carbons (Fsp3) is 0.484. The molecule has 8 bridgehead atoms. The van der Waals surface area contributed by atoms with Crippen molar-refractivity contribution in [3.8, 4) is 0 Å².